The summed E-state index contributed by atoms with van der Waals surface area (Å²) in [6, 6.07) is 11.9. The van der Waals surface area contributed by atoms with Gasteiger partial charge in [-0.05, 0) is 68.9 Å². The fourth-order valence-electron chi connectivity index (χ4n) is 4.28. The third kappa shape index (κ3) is 5.39. The maximum Gasteiger partial charge on any atom is 0.119 e. The molecule has 166 valence electrons. The minimum absolute atomic E-state index is 0.699. The summed E-state index contributed by atoms with van der Waals surface area (Å²) in [6.45, 7) is 8.49. The summed E-state index contributed by atoms with van der Waals surface area (Å²) in [4.78, 5) is 9.89. The van der Waals surface area contributed by atoms with E-state index in [2.05, 4.69) is 21.2 Å². The van der Waals surface area contributed by atoms with Gasteiger partial charge in [0.25, 0.3) is 0 Å². The highest BCUT2D eigenvalue weighted by Crippen LogP contribution is 2.34. The molecule has 1 aromatic heterocycles. The van der Waals surface area contributed by atoms with Gasteiger partial charge >= 0.3 is 0 Å². The Morgan fingerprint density at radius 3 is 2.42 bits per heavy atom. The molecule has 1 aliphatic heterocycles. The van der Waals surface area contributed by atoms with Crippen LogP contribution in [0.2, 0.25) is 5.02 Å². The Bertz CT molecular complexity index is 1020. The molecule has 1 aliphatic rings. The number of pyridine rings is 1. The lowest BCUT2D eigenvalue weighted by molar-refractivity contribution is 0.132. The molecule has 0 radical (unpaired) electrons. The Hall–Kier alpha value is -2.12. The number of rotatable bonds is 9. The zero-order valence-corrected chi connectivity index (χ0v) is 19.0. The van der Waals surface area contributed by atoms with Crippen LogP contribution in [0, 0.1) is 0 Å². The molecule has 1 fully saturated rings. The van der Waals surface area contributed by atoms with Crippen molar-refractivity contribution < 1.29 is 4.74 Å². The second-order valence-corrected chi connectivity index (χ2v) is 8.57. The second-order valence-electron chi connectivity index (χ2n) is 8.14. The Balaban J connectivity index is 1.42. The molecular formula is C24H32ClN5O. The zero-order valence-electron chi connectivity index (χ0n) is 18.2. The summed E-state index contributed by atoms with van der Waals surface area (Å²) < 4.78 is 5.45. The van der Waals surface area contributed by atoms with Crippen molar-refractivity contribution in [1.29, 1.82) is 0 Å². The van der Waals surface area contributed by atoms with Crippen molar-refractivity contribution in [2.75, 3.05) is 64.8 Å². The highest BCUT2D eigenvalue weighted by molar-refractivity contribution is 6.31. The van der Waals surface area contributed by atoms with Gasteiger partial charge in [0.15, 0.2) is 0 Å². The van der Waals surface area contributed by atoms with E-state index in [0.717, 1.165) is 98.4 Å². The first kappa shape index (κ1) is 22.1. The number of benzene rings is 2. The molecule has 3 aromatic rings. The number of fused-ring (bicyclic) bond motifs is 2. The third-order valence-electron chi connectivity index (χ3n) is 6.04. The summed E-state index contributed by atoms with van der Waals surface area (Å²) >= 11 is 6.23. The SMILES string of the molecule is COc1ccc2nc3cc(Cl)ccc3c(NCCCN3CCN(CCCN)CC3)c2c1. The van der Waals surface area contributed by atoms with Crippen LogP contribution in [-0.2, 0) is 0 Å². The first-order chi connectivity index (χ1) is 15.2. The van der Waals surface area contributed by atoms with Crippen LogP contribution in [0.3, 0.4) is 0 Å². The van der Waals surface area contributed by atoms with Crippen LogP contribution in [0.15, 0.2) is 36.4 Å². The number of aromatic nitrogens is 1. The van der Waals surface area contributed by atoms with Gasteiger partial charge in [0, 0.05) is 48.5 Å². The first-order valence-electron chi connectivity index (χ1n) is 11.1. The normalized spacial score (nSPS) is 15.6. The highest BCUT2D eigenvalue weighted by Gasteiger charge is 2.16. The molecule has 0 unspecified atom stereocenters. The first-order valence-corrected chi connectivity index (χ1v) is 11.5. The maximum absolute atomic E-state index is 6.23. The molecule has 0 saturated carbocycles. The molecule has 31 heavy (non-hydrogen) atoms. The van der Waals surface area contributed by atoms with E-state index in [0.29, 0.717) is 5.02 Å². The molecule has 0 amide bonds. The predicted octanol–water partition coefficient (Wildman–Crippen LogP) is 3.82. The number of ether oxygens (including phenoxy) is 1. The summed E-state index contributed by atoms with van der Waals surface area (Å²) in [5.74, 6) is 0.832. The van der Waals surface area contributed by atoms with E-state index in [1.807, 2.05) is 30.3 Å². The number of piperazine rings is 1. The fourth-order valence-corrected chi connectivity index (χ4v) is 4.45. The van der Waals surface area contributed by atoms with E-state index >= 15 is 0 Å². The van der Waals surface area contributed by atoms with Crippen LogP contribution in [-0.4, -0.2) is 74.3 Å². The molecular weight excluding hydrogens is 410 g/mol. The number of nitrogens with zero attached hydrogens (tertiary/aromatic N) is 3. The molecule has 0 bridgehead atoms. The lowest BCUT2D eigenvalue weighted by Crippen LogP contribution is -2.47. The molecule has 4 rings (SSSR count). The smallest absolute Gasteiger partial charge is 0.119 e. The number of hydrogen-bond donors (Lipinski definition) is 2. The zero-order chi connectivity index (χ0) is 21.6. The van der Waals surface area contributed by atoms with Crippen molar-refractivity contribution in [2.24, 2.45) is 5.73 Å². The van der Waals surface area contributed by atoms with Crippen LogP contribution in [0.25, 0.3) is 21.8 Å². The third-order valence-corrected chi connectivity index (χ3v) is 6.27. The molecule has 2 heterocycles. The van der Waals surface area contributed by atoms with Crippen LogP contribution in [0.5, 0.6) is 5.75 Å². The number of hydrogen-bond acceptors (Lipinski definition) is 6. The van der Waals surface area contributed by atoms with Gasteiger partial charge in [-0.2, -0.15) is 0 Å². The van der Waals surface area contributed by atoms with Gasteiger partial charge in [-0.15, -0.1) is 0 Å². The van der Waals surface area contributed by atoms with Crippen molar-refractivity contribution >= 4 is 39.1 Å². The Morgan fingerprint density at radius 1 is 0.968 bits per heavy atom. The molecule has 2 aromatic carbocycles. The molecule has 0 spiro atoms. The van der Waals surface area contributed by atoms with Crippen molar-refractivity contribution in [3.8, 4) is 5.75 Å². The monoisotopic (exact) mass is 441 g/mol. The van der Waals surface area contributed by atoms with E-state index in [4.69, 9.17) is 27.1 Å². The molecule has 3 N–H and O–H groups in total. The summed E-state index contributed by atoms with van der Waals surface area (Å²) in [5.41, 5.74) is 8.57. The van der Waals surface area contributed by atoms with Crippen LogP contribution in [0.4, 0.5) is 5.69 Å². The quantitative estimate of drug-likeness (QED) is 0.388. The number of anilines is 1. The van der Waals surface area contributed by atoms with E-state index < -0.39 is 0 Å². The Morgan fingerprint density at radius 2 is 1.71 bits per heavy atom. The van der Waals surface area contributed by atoms with Crippen molar-refractivity contribution in [3.63, 3.8) is 0 Å². The largest absolute Gasteiger partial charge is 0.497 e. The van der Waals surface area contributed by atoms with Crippen molar-refractivity contribution in [1.82, 2.24) is 14.8 Å². The van der Waals surface area contributed by atoms with Crippen LogP contribution in [0.1, 0.15) is 12.8 Å². The van der Waals surface area contributed by atoms with Crippen LogP contribution < -0.4 is 15.8 Å². The molecule has 1 saturated heterocycles. The predicted molar refractivity (Wildman–Crippen MR) is 130 cm³/mol. The minimum Gasteiger partial charge on any atom is -0.497 e. The van der Waals surface area contributed by atoms with Gasteiger partial charge in [-0.3, -0.25) is 0 Å². The minimum atomic E-state index is 0.699. The van der Waals surface area contributed by atoms with Gasteiger partial charge in [-0.25, -0.2) is 4.98 Å². The Labute approximate surface area is 189 Å². The number of methoxy groups -OCH3 is 1. The standard InChI is InChI=1S/C24H32ClN5O/c1-31-19-5-7-22-21(17-19)24(20-6-4-18(25)16-23(20)28-22)27-9-3-11-30-14-12-29(13-15-30)10-2-8-26/h4-7,16-17H,2-3,8-15,26H2,1H3,(H,27,28). The van der Waals surface area contributed by atoms with Crippen molar-refractivity contribution in [2.45, 2.75) is 12.8 Å². The molecule has 0 aliphatic carbocycles. The number of halogens is 1. The lowest BCUT2D eigenvalue weighted by atomic mass is 10.1. The average Bonchev–Trinajstić information content (AvgIpc) is 2.80. The maximum atomic E-state index is 6.23. The van der Waals surface area contributed by atoms with Gasteiger partial charge in [0.2, 0.25) is 0 Å². The Kier molecular flexibility index (Phi) is 7.45. The van der Waals surface area contributed by atoms with E-state index in [1.54, 1.807) is 7.11 Å². The second kappa shape index (κ2) is 10.5. The van der Waals surface area contributed by atoms with Crippen molar-refractivity contribution in [3.05, 3.63) is 41.4 Å². The molecule has 7 heteroatoms. The summed E-state index contributed by atoms with van der Waals surface area (Å²) in [6.07, 6.45) is 2.18. The van der Waals surface area contributed by atoms with E-state index in [9.17, 15) is 0 Å². The van der Waals surface area contributed by atoms with Gasteiger partial charge < -0.3 is 25.6 Å². The van der Waals surface area contributed by atoms with E-state index in [1.165, 1.54) is 0 Å². The molecule has 6 nitrogen and oxygen atoms in total. The van der Waals surface area contributed by atoms with Crippen LogP contribution >= 0.6 is 11.6 Å². The van der Waals surface area contributed by atoms with Gasteiger partial charge in [0.05, 0.1) is 23.8 Å². The van der Waals surface area contributed by atoms with Gasteiger partial charge in [-0.1, -0.05) is 11.6 Å². The summed E-state index contributed by atoms with van der Waals surface area (Å²) in [7, 11) is 1.69. The average molecular weight is 442 g/mol. The number of nitrogens with one attached hydrogen (secondary N) is 1. The lowest BCUT2D eigenvalue weighted by Gasteiger charge is -2.34. The fraction of sp³-hybridized carbons (Fsp3) is 0.458. The highest BCUT2D eigenvalue weighted by atomic mass is 35.5. The summed E-state index contributed by atoms with van der Waals surface area (Å²) in [5, 5.41) is 6.54. The topological polar surface area (TPSA) is 66.7 Å². The van der Waals surface area contributed by atoms with Gasteiger partial charge in [0.1, 0.15) is 5.75 Å². The van der Waals surface area contributed by atoms with E-state index in [-0.39, 0.29) is 0 Å². The molecule has 0 atom stereocenters. The number of nitrogens with two attached hydrogens (primary N) is 1.